The van der Waals surface area contributed by atoms with Gasteiger partial charge in [-0.2, -0.15) is 8.42 Å². The van der Waals surface area contributed by atoms with Gasteiger partial charge in [0.25, 0.3) is 10.0 Å². The Labute approximate surface area is 117 Å². The molecule has 9 heteroatoms. The van der Waals surface area contributed by atoms with Crippen molar-refractivity contribution in [3.8, 4) is 0 Å². The molecule has 1 aromatic carbocycles. The Bertz CT molecular complexity index is 771. The van der Waals surface area contributed by atoms with Crippen molar-refractivity contribution in [1.82, 2.24) is 0 Å². The molecule has 0 aliphatic heterocycles. The molecule has 0 atom stereocenters. The second-order valence-corrected chi connectivity index (χ2v) is 5.70. The molecule has 0 amide bonds. The van der Waals surface area contributed by atoms with Gasteiger partial charge in [-0.25, -0.2) is 9.18 Å². The van der Waals surface area contributed by atoms with Gasteiger partial charge in [0.15, 0.2) is 0 Å². The fourth-order valence-corrected chi connectivity index (χ4v) is 2.51. The second-order valence-electron chi connectivity index (χ2n) is 3.65. The number of carboxylic acids is 1. The predicted molar refractivity (Wildman–Crippen MR) is 67.9 cm³/mol. The monoisotopic (exact) mass is 319 g/mol. The molecule has 6 nitrogen and oxygen atoms in total. The number of anilines is 1. The molecule has 0 aliphatic rings. The molecule has 2 aromatic rings. The summed E-state index contributed by atoms with van der Waals surface area (Å²) in [5.41, 5.74) is -0.331. The predicted octanol–water partition coefficient (Wildman–Crippen LogP) is 2.57. The highest BCUT2D eigenvalue weighted by Gasteiger charge is 2.22. The highest BCUT2D eigenvalue weighted by Crippen LogP contribution is 2.23. The summed E-state index contributed by atoms with van der Waals surface area (Å²) in [5.74, 6) is -2.82. The minimum atomic E-state index is -4.22. The van der Waals surface area contributed by atoms with Crippen LogP contribution in [-0.2, 0) is 10.0 Å². The molecule has 0 saturated carbocycles. The number of aromatic carboxylic acids is 1. The summed E-state index contributed by atoms with van der Waals surface area (Å²) in [6.45, 7) is 0. The van der Waals surface area contributed by atoms with Crippen LogP contribution in [0.3, 0.4) is 0 Å². The summed E-state index contributed by atoms with van der Waals surface area (Å²) < 4.78 is 43.8. The van der Waals surface area contributed by atoms with E-state index >= 15 is 0 Å². The molecule has 2 N–H and O–H groups in total. The number of sulfonamides is 1. The second kappa shape index (κ2) is 5.14. The summed E-state index contributed by atoms with van der Waals surface area (Å²) in [7, 11) is -4.22. The van der Waals surface area contributed by atoms with Crippen molar-refractivity contribution >= 4 is 33.3 Å². The van der Waals surface area contributed by atoms with Gasteiger partial charge < -0.3 is 9.52 Å². The molecule has 0 fully saturated rings. The number of hydrogen-bond acceptors (Lipinski definition) is 4. The minimum Gasteiger partial charge on any atom is -0.475 e. The highest BCUT2D eigenvalue weighted by molar-refractivity contribution is 7.92. The maximum absolute atomic E-state index is 13.5. The number of hydrogen-bond donors (Lipinski definition) is 2. The summed E-state index contributed by atoms with van der Waals surface area (Å²) in [4.78, 5) is 10.6. The van der Waals surface area contributed by atoms with E-state index in [9.17, 15) is 17.6 Å². The van der Waals surface area contributed by atoms with Crippen LogP contribution in [0.25, 0.3) is 0 Å². The molecule has 1 heterocycles. The smallest absolute Gasteiger partial charge is 0.371 e. The van der Waals surface area contributed by atoms with Gasteiger partial charge in [0.2, 0.25) is 10.9 Å². The van der Waals surface area contributed by atoms with Crippen LogP contribution in [0.4, 0.5) is 10.1 Å². The molecule has 0 spiro atoms. The molecule has 106 valence electrons. The molecule has 1 aromatic heterocycles. The van der Waals surface area contributed by atoms with Crippen LogP contribution < -0.4 is 4.72 Å². The summed E-state index contributed by atoms with van der Waals surface area (Å²) in [5, 5.41) is 8.12. The number of carbonyl (C=O) groups is 1. The number of carboxylic acid groups (broad SMARTS) is 1. The van der Waals surface area contributed by atoms with Crippen molar-refractivity contribution in [3.63, 3.8) is 0 Å². The van der Waals surface area contributed by atoms with Crippen molar-refractivity contribution in [1.29, 1.82) is 0 Å². The first-order valence-electron chi connectivity index (χ1n) is 5.10. The number of halogens is 2. The van der Waals surface area contributed by atoms with Gasteiger partial charge in [-0.1, -0.05) is 11.6 Å². The molecule has 0 radical (unpaired) electrons. The third kappa shape index (κ3) is 2.91. The van der Waals surface area contributed by atoms with Crippen molar-refractivity contribution in [2.45, 2.75) is 5.09 Å². The van der Waals surface area contributed by atoms with E-state index in [2.05, 4.69) is 4.42 Å². The van der Waals surface area contributed by atoms with Crippen molar-refractivity contribution < 1.29 is 27.1 Å². The summed E-state index contributed by atoms with van der Waals surface area (Å²) in [6.07, 6.45) is 0. The Morgan fingerprint density at radius 1 is 1.30 bits per heavy atom. The maximum atomic E-state index is 13.5. The van der Waals surface area contributed by atoms with Gasteiger partial charge >= 0.3 is 5.97 Å². The molecule has 0 aliphatic carbocycles. The van der Waals surface area contributed by atoms with Gasteiger partial charge in [-0.3, -0.25) is 4.72 Å². The topological polar surface area (TPSA) is 96.6 Å². The number of benzene rings is 1. The first-order valence-corrected chi connectivity index (χ1v) is 6.97. The fraction of sp³-hybridized carbons (Fsp3) is 0. The molecular formula is C11H7ClFNO5S. The third-order valence-electron chi connectivity index (χ3n) is 2.23. The Balaban J connectivity index is 2.33. The lowest BCUT2D eigenvalue weighted by Gasteiger charge is -2.06. The zero-order valence-corrected chi connectivity index (χ0v) is 11.2. The first kappa shape index (κ1) is 14.4. The highest BCUT2D eigenvalue weighted by atomic mass is 35.5. The number of furan rings is 1. The zero-order chi connectivity index (χ0) is 14.9. The van der Waals surface area contributed by atoms with E-state index in [0.717, 1.165) is 24.3 Å². The van der Waals surface area contributed by atoms with Gasteiger partial charge in [-0.15, -0.1) is 0 Å². The van der Waals surface area contributed by atoms with Gasteiger partial charge in [0.1, 0.15) is 5.82 Å². The van der Waals surface area contributed by atoms with Gasteiger partial charge in [0.05, 0.1) is 5.69 Å². The minimum absolute atomic E-state index is 0.108. The Hall–Kier alpha value is -2.06. The largest absolute Gasteiger partial charge is 0.475 e. The van der Waals surface area contributed by atoms with Crippen LogP contribution in [0.1, 0.15) is 10.6 Å². The van der Waals surface area contributed by atoms with Crippen molar-refractivity contribution in [2.24, 2.45) is 0 Å². The van der Waals surface area contributed by atoms with E-state index < -0.39 is 32.7 Å². The molecule has 2 rings (SSSR count). The summed E-state index contributed by atoms with van der Waals surface area (Å²) >= 11 is 5.54. The third-order valence-corrected chi connectivity index (χ3v) is 3.71. The van der Waals surface area contributed by atoms with Gasteiger partial charge in [0, 0.05) is 5.02 Å². The standard InChI is InChI=1S/C11H7ClFNO5S/c12-6-1-2-8(7(13)5-6)14-20(17,18)10-4-3-9(19-10)11(15)16/h1-5,14H,(H,15,16). The lowest BCUT2D eigenvalue weighted by Crippen LogP contribution is -2.13. The number of rotatable bonds is 4. The average Bonchev–Trinajstić information content (AvgIpc) is 2.83. The van der Waals surface area contributed by atoms with E-state index in [1.54, 1.807) is 0 Å². The van der Waals surface area contributed by atoms with E-state index in [-0.39, 0.29) is 10.7 Å². The Kier molecular flexibility index (Phi) is 3.69. The van der Waals surface area contributed by atoms with E-state index in [4.69, 9.17) is 16.7 Å². The summed E-state index contributed by atoms with van der Waals surface area (Å²) in [6, 6.07) is 5.31. The lowest BCUT2D eigenvalue weighted by molar-refractivity contribution is 0.0656. The van der Waals surface area contributed by atoms with Crippen LogP contribution in [0.2, 0.25) is 5.02 Å². The molecule has 0 saturated heterocycles. The van der Waals surface area contributed by atoms with Crippen LogP contribution in [0.15, 0.2) is 39.8 Å². The SMILES string of the molecule is O=C(O)c1ccc(S(=O)(=O)Nc2ccc(Cl)cc2F)o1. The fourth-order valence-electron chi connectivity index (χ4n) is 1.35. The first-order chi connectivity index (χ1) is 9.29. The normalized spacial score (nSPS) is 11.3. The van der Waals surface area contributed by atoms with E-state index in [1.807, 2.05) is 4.72 Å². The molecule has 0 bridgehead atoms. The zero-order valence-electron chi connectivity index (χ0n) is 9.63. The Morgan fingerprint density at radius 3 is 2.55 bits per heavy atom. The molecule has 0 unspecified atom stereocenters. The van der Waals surface area contributed by atoms with E-state index in [1.165, 1.54) is 6.07 Å². The van der Waals surface area contributed by atoms with Crippen molar-refractivity contribution in [2.75, 3.05) is 4.72 Å². The molecule has 20 heavy (non-hydrogen) atoms. The lowest BCUT2D eigenvalue weighted by atomic mass is 10.3. The van der Waals surface area contributed by atoms with Crippen LogP contribution in [-0.4, -0.2) is 19.5 Å². The maximum Gasteiger partial charge on any atom is 0.371 e. The Morgan fingerprint density at radius 2 is 2.00 bits per heavy atom. The molecular weight excluding hydrogens is 313 g/mol. The van der Waals surface area contributed by atoms with Gasteiger partial charge in [-0.05, 0) is 30.3 Å². The number of nitrogens with one attached hydrogen (secondary N) is 1. The average molecular weight is 320 g/mol. The van der Waals surface area contributed by atoms with Crippen LogP contribution >= 0.6 is 11.6 Å². The van der Waals surface area contributed by atoms with Crippen LogP contribution in [0.5, 0.6) is 0 Å². The van der Waals surface area contributed by atoms with E-state index in [0.29, 0.717) is 0 Å². The van der Waals surface area contributed by atoms with Crippen molar-refractivity contribution in [3.05, 3.63) is 46.9 Å². The quantitative estimate of drug-likeness (QED) is 0.902. The van der Waals surface area contributed by atoms with Crippen LogP contribution in [0, 0.1) is 5.82 Å².